The molecule has 26 heavy (non-hydrogen) atoms. The van der Waals surface area contributed by atoms with Gasteiger partial charge in [0.25, 0.3) is 0 Å². The maximum absolute atomic E-state index is 12.9. The van der Waals surface area contributed by atoms with E-state index in [1.165, 1.54) is 0 Å². The van der Waals surface area contributed by atoms with Crippen molar-refractivity contribution in [3.05, 3.63) is 23.8 Å². The van der Waals surface area contributed by atoms with E-state index in [0.717, 1.165) is 55.7 Å². The molecular formula is C20H33ClN2O3. The Kier molecular flexibility index (Phi) is 9.81. The molecule has 148 valence electrons. The van der Waals surface area contributed by atoms with Crippen molar-refractivity contribution in [2.24, 2.45) is 11.7 Å². The lowest BCUT2D eigenvalue weighted by Crippen LogP contribution is -2.36. The Labute approximate surface area is 163 Å². The zero-order valence-electron chi connectivity index (χ0n) is 16.2. The highest BCUT2D eigenvalue weighted by Gasteiger charge is 2.30. The van der Waals surface area contributed by atoms with Gasteiger partial charge in [-0.2, -0.15) is 0 Å². The molecule has 0 radical (unpaired) electrons. The number of hydrogen-bond acceptors (Lipinski definition) is 4. The second-order valence-electron chi connectivity index (χ2n) is 6.86. The highest BCUT2D eigenvalue weighted by atomic mass is 35.5. The van der Waals surface area contributed by atoms with Crippen LogP contribution in [0, 0.1) is 5.92 Å². The van der Waals surface area contributed by atoms with Gasteiger partial charge >= 0.3 is 0 Å². The molecule has 0 bridgehead atoms. The first-order valence-electron chi connectivity index (χ1n) is 9.43. The van der Waals surface area contributed by atoms with Crippen LogP contribution in [0.1, 0.15) is 51.5 Å². The van der Waals surface area contributed by atoms with E-state index in [4.69, 9.17) is 15.2 Å². The molecule has 2 N–H and O–H groups in total. The van der Waals surface area contributed by atoms with Gasteiger partial charge in [0.1, 0.15) is 0 Å². The topological polar surface area (TPSA) is 64.8 Å². The number of ether oxygens (including phenoxy) is 2. The molecule has 0 aliphatic heterocycles. The van der Waals surface area contributed by atoms with Crippen molar-refractivity contribution < 1.29 is 14.3 Å². The predicted molar refractivity (Wildman–Crippen MR) is 107 cm³/mol. The lowest BCUT2D eigenvalue weighted by atomic mass is 10.1. The second-order valence-corrected chi connectivity index (χ2v) is 6.86. The Morgan fingerprint density at radius 3 is 2.58 bits per heavy atom. The lowest BCUT2D eigenvalue weighted by molar-refractivity contribution is -0.136. The molecule has 6 heteroatoms. The molecular weight excluding hydrogens is 352 g/mol. The summed E-state index contributed by atoms with van der Waals surface area (Å²) in [7, 11) is 1.65. The van der Waals surface area contributed by atoms with Gasteiger partial charge in [-0.05, 0) is 49.8 Å². The molecule has 5 nitrogen and oxygen atoms in total. The van der Waals surface area contributed by atoms with Crippen LogP contribution >= 0.6 is 12.4 Å². The Morgan fingerprint density at radius 1 is 1.23 bits per heavy atom. The van der Waals surface area contributed by atoms with Gasteiger partial charge < -0.3 is 20.1 Å². The van der Waals surface area contributed by atoms with Crippen LogP contribution in [0.25, 0.3) is 0 Å². The first-order valence-corrected chi connectivity index (χ1v) is 9.43. The maximum atomic E-state index is 12.9. The van der Waals surface area contributed by atoms with Crippen LogP contribution in [0.2, 0.25) is 0 Å². The molecule has 2 atom stereocenters. The van der Waals surface area contributed by atoms with Gasteiger partial charge in [-0.3, -0.25) is 4.79 Å². The van der Waals surface area contributed by atoms with Gasteiger partial charge in [-0.15, -0.1) is 12.4 Å². The van der Waals surface area contributed by atoms with Gasteiger partial charge in [0, 0.05) is 25.0 Å². The summed E-state index contributed by atoms with van der Waals surface area (Å²) in [6.07, 6.45) is 4.57. The third-order valence-corrected chi connectivity index (χ3v) is 4.69. The zero-order valence-corrected chi connectivity index (χ0v) is 17.0. The van der Waals surface area contributed by atoms with Gasteiger partial charge in [-0.25, -0.2) is 0 Å². The fourth-order valence-electron chi connectivity index (χ4n) is 3.40. The summed E-state index contributed by atoms with van der Waals surface area (Å²) in [6.45, 7) is 6.20. The van der Waals surface area contributed by atoms with Crippen LogP contribution in [0.4, 0.5) is 0 Å². The number of benzene rings is 1. The molecule has 1 aliphatic carbocycles. The number of methoxy groups -OCH3 is 1. The number of halogens is 1. The minimum absolute atomic E-state index is 0. The van der Waals surface area contributed by atoms with Crippen molar-refractivity contribution in [2.45, 2.75) is 58.5 Å². The van der Waals surface area contributed by atoms with Crippen molar-refractivity contribution in [3.63, 3.8) is 0 Å². The van der Waals surface area contributed by atoms with Gasteiger partial charge in [0.15, 0.2) is 11.5 Å². The summed E-state index contributed by atoms with van der Waals surface area (Å²) < 4.78 is 11.2. The fraction of sp³-hybridized carbons (Fsp3) is 0.650. The van der Waals surface area contributed by atoms with Crippen LogP contribution in [-0.2, 0) is 11.3 Å². The molecule has 2 unspecified atom stereocenters. The third-order valence-electron chi connectivity index (χ3n) is 4.69. The van der Waals surface area contributed by atoms with Crippen molar-refractivity contribution in [1.29, 1.82) is 0 Å². The minimum Gasteiger partial charge on any atom is -0.493 e. The molecule has 1 fully saturated rings. The third kappa shape index (κ3) is 6.06. The molecule has 1 aromatic carbocycles. The van der Waals surface area contributed by atoms with Gasteiger partial charge in [0.05, 0.1) is 13.7 Å². The molecule has 1 aliphatic rings. The molecule has 0 heterocycles. The summed E-state index contributed by atoms with van der Waals surface area (Å²) >= 11 is 0. The average Bonchev–Trinajstić information content (AvgIpc) is 3.05. The SMILES string of the molecule is CCCOc1ccc(CN(CCC)C(=O)C2CCC(N)C2)cc1OC.Cl. The summed E-state index contributed by atoms with van der Waals surface area (Å²) in [4.78, 5) is 14.8. The van der Waals surface area contributed by atoms with Crippen LogP contribution in [0.15, 0.2) is 18.2 Å². The van der Waals surface area contributed by atoms with E-state index in [0.29, 0.717) is 13.2 Å². The lowest BCUT2D eigenvalue weighted by Gasteiger charge is -2.26. The van der Waals surface area contributed by atoms with Crippen LogP contribution in [-0.4, -0.2) is 37.1 Å². The molecule has 0 aromatic heterocycles. The Hall–Kier alpha value is -1.46. The van der Waals surface area contributed by atoms with Crippen molar-refractivity contribution in [1.82, 2.24) is 4.90 Å². The Morgan fingerprint density at radius 2 is 2.00 bits per heavy atom. The minimum atomic E-state index is 0. The Bertz CT molecular complexity index is 568. The largest absolute Gasteiger partial charge is 0.493 e. The monoisotopic (exact) mass is 384 g/mol. The number of amides is 1. The predicted octanol–water partition coefficient (Wildman–Crippen LogP) is 3.77. The van der Waals surface area contributed by atoms with E-state index in [1.54, 1.807) is 7.11 Å². The van der Waals surface area contributed by atoms with Crippen LogP contribution < -0.4 is 15.2 Å². The van der Waals surface area contributed by atoms with Crippen molar-refractivity contribution in [3.8, 4) is 11.5 Å². The number of nitrogens with zero attached hydrogens (tertiary/aromatic N) is 1. The molecule has 1 saturated carbocycles. The first kappa shape index (κ1) is 22.6. The number of hydrogen-bond donors (Lipinski definition) is 1. The summed E-state index contributed by atoms with van der Waals surface area (Å²) in [5.41, 5.74) is 7.04. The van der Waals surface area contributed by atoms with Crippen molar-refractivity contribution >= 4 is 18.3 Å². The quantitative estimate of drug-likeness (QED) is 0.703. The molecule has 1 aromatic rings. The van der Waals surface area contributed by atoms with Crippen LogP contribution in [0.3, 0.4) is 0 Å². The smallest absolute Gasteiger partial charge is 0.226 e. The standard InChI is InChI=1S/C20H32N2O3.ClH/c1-4-10-22(20(23)16-7-8-17(21)13-16)14-15-6-9-18(25-11-5-2)19(12-15)24-3;/h6,9,12,16-17H,4-5,7-8,10-11,13-14,21H2,1-3H3;1H. The molecule has 1 amide bonds. The normalized spacial score (nSPS) is 18.9. The Balaban J connectivity index is 0.00000338. The fourth-order valence-corrected chi connectivity index (χ4v) is 3.40. The van der Waals surface area contributed by atoms with Gasteiger partial charge in [-0.1, -0.05) is 19.9 Å². The highest BCUT2D eigenvalue weighted by Crippen LogP contribution is 2.30. The number of carbonyl (C=O) groups is 1. The van der Waals surface area contributed by atoms with E-state index in [-0.39, 0.29) is 30.3 Å². The maximum Gasteiger partial charge on any atom is 0.226 e. The number of nitrogens with two attached hydrogens (primary N) is 1. The summed E-state index contributed by atoms with van der Waals surface area (Å²) in [5, 5.41) is 0. The summed E-state index contributed by atoms with van der Waals surface area (Å²) in [5.74, 6) is 1.79. The van der Waals surface area contributed by atoms with E-state index in [2.05, 4.69) is 13.8 Å². The average molecular weight is 385 g/mol. The molecule has 2 rings (SSSR count). The van der Waals surface area contributed by atoms with Crippen LogP contribution in [0.5, 0.6) is 11.5 Å². The van der Waals surface area contributed by atoms with E-state index in [9.17, 15) is 4.79 Å². The zero-order chi connectivity index (χ0) is 18.2. The molecule has 0 saturated heterocycles. The van der Waals surface area contributed by atoms with Crippen molar-refractivity contribution in [2.75, 3.05) is 20.3 Å². The van der Waals surface area contributed by atoms with Gasteiger partial charge in [0.2, 0.25) is 5.91 Å². The van der Waals surface area contributed by atoms with E-state index >= 15 is 0 Å². The van der Waals surface area contributed by atoms with E-state index in [1.807, 2.05) is 23.1 Å². The second kappa shape index (κ2) is 11.3. The van der Waals surface area contributed by atoms with E-state index < -0.39 is 0 Å². The number of rotatable bonds is 9. The number of carbonyl (C=O) groups excluding carboxylic acids is 1. The first-order chi connectivity index (χ1) is 12.1. The summed E-state index contributed by atoms with van der Waals surface area (Å²) in [6, 6.07) is 6.10. The molecule has 0 spiro atoms. The highest BCUT2D eigenvalue weighted by molar-refractivity contribution is 5.85.